The summed E-state index contributed by atoms with van der Waals surface area (Å²) in [6.07, 6.45) is -23.0. The molecule has 0 radical (unpaired) electrons. The molecular weight excluding hydrogens is 956 g/mol. The lowest BCUT2D eigenvalue weighted by Crippen LogP contribution is -2.71. The molecule has 14 atom stereocenters. The molecule has 7 N–H and O–H groups in total. The van der Waals surface area contributed by atoms with Gasteiger partial charge >= 0.3 is 42.3 Å². The average Bonchev–Trinajstić information content (AvgIpc) is 3.19. The summed E-state index contributed by atoms with van der Waals surface area (Å²) in [5.74, 6) is -6.01. The quantitative estimate of drug-likeness (QED) is 0.0864. The molecule has 0 aromatic carbocycles. The van der Waals surface area contributed by atoms with Crippen LogP contribution in [0.3, 0.4) is 0 Å². The molecule has 5 amide bonds. The van der Waals surface area contributed by atoms with Gasteiger partial charge in [0.1, 0.15) is 47.3 Å². The number of hydrogen-bond acceptors (Lipinski definition) is 18. The van der Waals surface area contributed by atoms with Gasteiger partial charge in [-0.15, -0.1) is 0 Å². The summed E-state index contributed by atoms with van der Waals surface area (Å²) in [5.41, 5.74) is -2.85. The molecule has 1 saturated carbocycles. The summed E-state index contributed by atoms with van der Waals surface area (Å²) in [7, 11) is 0. The third kappa shape index (κ3) is 19.6. The minimum atomic E-state index is -5.53. The minimum absolute atomic E-state index is 0.126. The number of carbonyl (C=O) groups excluding carboxylic acids is 7. The van der Waals surface area contributed by atoms with Gasteiger partial charge in [0.25, 0.3) is 0 Å². The van der Waals surface area contributed by atoms with E-state index >= 15 is 0 Å². The second kappa shape index (κ2) is 25.3. The fourth-order valence-corrected chi connectivity index (χ4v) is 7.97. The summed E-state index contributed by atoms with van der Waals surface area (Å²) in [4.78, 5) is 90.7. The van der Waals surface area contributed by atoms with Crippen LogP contribution < -0.4 is 26.6 Å². The lowest BCUT2D eigenvalue weighted by molar-refractivity contribution is -0.319. The molecule has 0 aromatic heterocycles. The Morgan fingerprint density at radius 1 is 0.662 bits per heavy atom. The van der Waals surface area contributed by atoms with Gasteiger partial charge in [-0.05, 0) is 88.0 Å². The molecule has 0 spiro atoms. The van der Waals surface area contributed by atoms with Crippen LogP contribution in [-0.2, 0) is 61.8 Å². The Bertz CT molecular complexity index is 1840. The highest BCUT2D eigenvalue weighted by Crippen LogP contribution is 2.35. The van der Waals surface area contributed by atoms with E-state index < -0.39 is 157 Å². The summed E-state index contributed by atoms with van der Waals surface area (Å²) in [5, 5.41) is 35.6. The van der Waals surface area contributed by atoms with E-state index in [1.54, 1.807) is 74.6 Å². The maximum absolute atomic E-state index is 13.8. The largest absolute Gasteiger partial charge is 0.471 e. The smallest absolute Gasteiger partial charge is 0.457 e. The zero-order valence-corrected chi connectivity index (χ0v) is 42.6. The molecule has 0 bridgehead atoms. The van der Waals surface area contributed by atoms with Gasteiger partial charge in [0.15, 0.2) is 24.8 Å². The first-order chi connectivity index (χ1) is 32.6. The van der Waals surface area contributed by atoms with Gasteiger partial charge < -0.3 is 79.4 Å². The number of halogens is 3. The van der Waals surface area contributed by atoms with Gasteiger partial charge in [0.05, 0.1) is 30.8 Å². The lowest BCUT2D eigenvalue weighted by atomic mass is 9.82. The highest BCUT2D eigenvalue weighted by molar-refractivity contribution is 5.82. The molecule has 2 aliphatic heterocycles. The van der Waals surface area contributed by atoms with Crippen LogP contribution in [0.2, 0.25) is 0 Å². The molecule has 3 rings (SSSR count). The Labute approximate surface area is 411 Å². The third-order valence-electron chi connectivity index (χ3n) is 10.8. The Morgan fingerprint density at radius 3 is 1.65 bits per heavy atom. The summed E-state index contributed by atoms with van der Waals surface area (Å²) >= 11 is 0. The second-order valence-electron chi connectivity index (χ2n) is 20.7. The fraction of sp³-hybridized carbons (Fsp3) is 0.844. The summed E-state index contributed by atoms with van der Waals surface area (Å²) < 4.78 is 93.7. The van der Waals surface area contributed by atoms with Crippen molar-refractivity contribution in [3.63, 3.8) is 0 Å². The van der Waals surface area contributed by atoms with Gasteiger partial charge in [-0.2, -0.15) is 13.2 Å². The first kappa shape index (κ1) is 60.5. The topological polar surface area (TPSA) is 303 Å². The molecular formula is C45H74F3N5O18. The van der Waals surface area contributed by atoms with Gasteiger partial charge in [-0.25, -0.2) is 14.4 Å². The molecule has 1 aliphatic carbocycles. The van der Waals surface area contributed by atoms with Crippen molar-refractivity contribution in [2.45, 2.75) is 225 Å². The number of amides is 5. The van der Waals surface area contributed by atoms with Crippen LogP contribution >= 0.6 is 0 Å². The van der Waals surface area contributed by atoms with Crippen molar-refractivity contribution in [3.05, 3.63) is 0 Å². The normalized spacial score (nSPS) is 29.8. The summed E-state index contributed by atoms with van der Waals surface area (Å²) in [6, 6.07) is -5.86. The molecule has 6 unspecified atom stereocenters. The number of aliphatic hydroxyl groups is 2. The lowest BCUT2D eigenvalue weighted by Gasteiger charge is -2.50. The minimum Gasteiger partial charge on any atom is -0.457 e. The number of hydrogen-bond donors (Lipinski definition) is 7. The Morgan fingerprint density at radius 2 is 1.15 bits per heavy atom. The molecule has 3 aliphatic rings. The van der Waals surface area contributed by atoms with Crippen LogP contribution in [0.5, 0.6) is 0 Å². The standard InChI is InChI=1S/C45H74F3N5O18/c1-14-15-21(2)35(58)50-26-18-27(52-41(62)71-44(11,12)13)32(67-36-25(51-40(61)70-43(8,9)10)17-16-24(65-36)19-49-39(60)69-42(5,6)7)30(57)31(26)68-37-34(64-23(4)56)29(53-38(59)45(46,47)48)33(63-22(3)55)28(20-54)66-37/h21,24-34,36-37,54,57H,14-20H2,1-13H3,(H,49,60)(H,50,58)(H,51,61)(H,52,62)(H,53,59)/t21-,24?,25?,26+,27+,28?,29-,30?,31-,32?,33+,34?,36+,37+/m0/s1. The highest BCUT2D eigenvalue weighted by Gasteiger charge is 2.57. The van der Waals surface area contributed by atoms with Crippen molar-refractivity contribution in [1.29, 1.82) is 0 Å². The number of carbonyl (C=O) groups is 7. The van der Waals surface area contributed by atoms with E-state index in [0.717, 1.165) is 13.8 Å². The average molecular weight is 1030 g/mol. The predicted octanol–water partition coefficient (Wildman–Crippen LogP) is 2.89. The van der Waals surface area contributed by atoms with Crippen molar-refractivity contribution in [3.8, 4) is 0 Å². The number of ether oxygens (including phenoxy) is 9. The SMILES string of the molecule is CCC[C@H](C)C(=O)N[C@@H]1C[C@@H](NC(=O)OC(C)(C)C)C(O[C@H]2OC(CNC(=O)OC(C)(C)C)CCC2NC(=O)OC(C)(C)C)C(O)[C@H]1O[C@H]1OC(CO)[C@@H](OC(C)=O)[C@H](NC(=O)C(F)(F)F)C1OC(C)=O. The third-order valence-corrected chi connectivity index (χ3v) is 10.8. The van der Waals surface area contributed by atoms with E-state index in [9.17, 15) is 56.9 Å². The maximum Gasteiger partial charge on any atom is 0.471 e. The number of rotatable bonds is 16. The maximum atomic E-state index is 13.8. The van der Waals surface area contributed by atoms with Crippen LogP contribution in [-0.4, -0.2) is 168 Å². The molecule has 23 nitrogen and oxygen atoms in total. The van der Waals surface area contributed by atoms with Gasteiger partial charge in [-0.1, -0.05) is 20.3 Å². The number of alkyl halides is 3. The Kier molecular flexibility index (Phi) is 21.5. The number of nitrogens with one attached hydrogen (secondary N) is 5. The Hall–Kier alpha value is -4.76. The molecule has 71 heavy (non-hydrogen) atoms. The monoisotopic (exact) mass is 1030 g/mol. The van der Waals surface area contributed by atoms with Gasteiger partial charge in [0, 0.05) is 26.3 Å². The van der Waals surface area contributed by atoms with Crippen LogP contribution in [0, 0.1) is 5.92 Å². The summed E-state index contributed by atoms with van der Waals surface area (Å²) in [6.45, 7) is 18.7. The van der Waals surface area contributed by atoms with E-state index in [1.165, 1.54) is 0 Å². The zero-order valence-electron chi connectivity index (χ0n) is 42.6. The van der Waals surface area contributed by atoms with E-state index in [0.29, 0.717) is 12.8 Å². The number of aliphatic hydroxyl groups excluding tert-OH is 2. The van der Waals surface area contributed by atoms with Gasteiger partial charge in [0.2, 0.25) is 5.91 Å². The molecule has 26 heteroatoms. The van der Waals surface area contributed by atoms with E-state index in [1.807, 2.05) is 6.92 Å². The van der Waals surface area contributed by atoms with Crippen LogP contribution in [0.15, 0.2) is 0 Å². The highest BCUT2D eigenvalue weighted by atomic mass is 19.4. The molecule has 2 saturated heterocycles. The second-order valence-corrected chi connectivity index (χ2v) is 20.7. The zero-order chi connectivity index (χ0) is 54.0. The predicted molar refractivity (Wildman–Crippen MR) is 240 cm³/mol. The van der Waals surface area contributed by atoms with Crippen molar-refractivity contribution in [2.24, 2.45) is 5.92 Å². The van der Waals surface area contributed by atoms with E-state index in [4.69, 9.17) is 42.6 Å². The molecule has 3 fully saturated rings. The van der Waals surface area contributed by atoms with Crippen LogP contribution in [0.4, 0.5) is 27.6 Å². The fourth-order valence-electron chi connectivity index (χ4n) is 7.97. The van der Waals surface area contributed by atoms with E-state index in [-0.39, 0.29) is 25.8 Å². The number of alkyl carbamates (subject to hydrolysis) is 3. The molecule has 408 valence electrons. The van der Waals surface area contributed by atoms with Gasteiger partial charge in [-0.3, -0.25) is 19.2 Å². The van der Waals surface area contributed by atoms with Crippen LogP contribution in [0.25, 0.3) is 0 Å². The van der Waals surface area contributed by atoms with Crippen LogP contribution in [0.1, 0.15) is 122 Å². The first-order valence-electron chi connectivity index (χ1n) is 23.5. The Balaban J connectivity index is 2.24. The molecule has 0 aromatic rings. The van der Waals surface area contributed by atoms with Crippen molar-refractivity contribution >= 4 is 42.0 Å². The first-order valence-corrected chi connectivity index (χ1v) is 23.5. The molecule has 2 heterocycles. The van der Waals surface area contributed by atoms with E-state index in [2.05, 4.69) is 21.3 Å². The number of esters is 2. The van der Waals surface area contributed by atoms with Crippen molar-refractivity contribution in [2.75, 3.05) is 13.2 Å². The van der Waals surface area contributed by atoms with Crippen molar-refractivity contribution in [1.82, 2.24) is 26.6 Å². The van der Waals surface area contributed by atoms with Crippen molar-refractivity contribution < 1.29 is 99.6 Å².